The predicted molar refractivity (Wildman–Crippen MR) is 45.5 cm³/mol. The summed E-state index contributed by atoms with van der Waals surface area (Å²) in [5.74, 6) is 0.670. The normalized spacial score (nSPS) is 20.2. The number of nitrogens with two attached hydrogens (primary N) is 1. The van der Waals surface area contributed by atoms with Gasteiger partial charge < -0.3 is 10.7 Å². The second-order valence-corrected chi connectivity index (χ2v) is 3.53. The average molecular weight is 171 g/mol. The summed E-state index contributed by atoms with van der Waals surface area (Å²) in [6, 6.07) is 0.147. The molecule has 0 aromatic carbocycles. The first kappa shape index (κ1) is 7.19. The standard InChI is InChI=1S/C8H11ClN2/c9-7-4-11-3-6(7)8(10)5-1-2-5/h3-5,8,11H,1-2,10H2/t8-/m1/s1. The SMILES string of the molecule is N[C@@H](c1c[nH]cc1Cl)C1CC1. The van der Waals surface area contributed by atoms with Crippen LogP contribution in [-0.2, 0) is 0 Å². The van der Waals surface area contributed by atoms with Crippen LogP contribution in [0.5, 0.6) is 0 Å². The monoisotopic (exact) mass is 170 g/mol. The van der Waals surface area contributed by atoms with Crippen LogP contribution in [0.4, 0.5) is 0 Å². The van der Waals surface area contributed by atoms with Gasteiger partial charge in [-0.3, -0.25) is 0 Å². The van der Waals surface area contributed by atoms with Crippen molar-refractivity contribution in [2.24, 2.45) is 11.7 Å². The number of aromatic nitrogens is 1. The van der Waals surface area contributed by atoms with Crippen LogP contribution in [-0.4, -0.2) is 4.98 Å². The lowest BCUT2D eigenvalue weighted by atomic mass is 10.1. The number of nitrogens with one attached hydrogen (secondary N) is 1. The second-order valence-electron chi connectivity index (χ2n) is 3.12. The summed E-state index contributed by atoms with van der Waals surface area (Å²) in [4.78, 5) is 2.95. The van der Waals surface area contributed by atoms with Crippen molar-refractivity contribution in [2.75, 3.05) is 0 Å². The topological polar surface area (TPSA) is 41.8 Å². The average Bonchev–Trinajstić information content (AvgIpc) is 2.74. The zero-order chi connectivity index (χ0) is 7.84. The molecule has 0 amide bonds. The molecule has 1 atom stereocenters. The molecule has 2 nitrogen and oxygen atoms in total. The Morgan fingerprint density at radius 2 is 2.27 bits per heavy atom. The molecule has 1 aromatic heterocycles. The first-order valence-corrected chi connectivity index (χ1v) is 4.24. The molecular weight excluding hydrogens is 160 g/mol. The van der Waals surface area contributed by atoms with Crippen LogP contribution in [0.2, 0.25) is 5.02 Å². The van der Waals surface area contributed by atoms with Gasteiger partial charge in [0.15, 0.2) is 0 Å². The third-order valence-corrected chi connectivity index (χ3v) is 2.54. The van der Waals surface area contributed by atoms with E-state index in [1.165, 1.54) is 12.8 Å². The molecule has 0 radical (unpaired) electrons. The number of hydrogen-bond acceptors (Lipinski definition) is 1. The van der Waals surface area contributed by atoms with Crippen LogP contribution in [0.25, 0.3) is 0 Å². The van der Waals surface area contributed by atoms with Crippen molar-refractivity contribution in [1.29, 1.82) is 0 Å². The molecule has 1 aliphatic rings. The van der Waals surface area contributed by atoms with Crippen molar-refractivity contribution in [3.63, 3.8) is 0 Å². The molecule has 0 aliphatic heterocycles. The summed E-state index contributed by atoms with van der Waals surface area (Å²) in [6.45, 7) is 0. The maximum Gasteiger partial charge on any atom is 0.0628 e. The maximum absolute atomic E-state index is 5.94. The molecule has 3 heteroatoms. The van der Waals surface area contributed by atoms with E-state index in [1.54, 1.807) is 6.20 Å². The summed E-state index contributed by atoms with van der Waals surface area (Å²) in [7, 11) is 0. The fourth-order valence-electron chi connectivity index (χ4n) is 1.32. The smallest absolute Gasteiger partial charge is 0.0628 e. The Labute approximate surface area is 70.7 Å². The summed E-state index contributed by atoms with van der Waals surface area (Å²) >= 11 is 5.90. The van der Waals surface area contributed by atoms with Crippen molar-refractivity contribution >= 4 is 11.6 Å². The summed E-state index contributed by atoms with van der Waals surface area (Å²) in [5, 5.41) is 0.768. The van der Waals surface area contributed by atoms with Gasteiger partial charge in [0.05, 0.1) is 5.02 Å². The summed E-state index contributed by atoms with van der Waals surface area (Å²) < 4.78 is 0. The number of halogens is 1. The van der Waals surface area contributed by atoms with Crippen LogP contribution in [0.3, 0.4) is 0 Å². The highest BCUT2D eigenvalue weighted by Crippen LogP contribution is 2.41. The molecule has 1 fully saturated rings. The summed E-state index contributed by atoms with van der Waals surface area (Å²) in [5.41, 5.74) is 7.01. The largest absolute Gasteiger partial charge is 0.366 e. The molecule has 11 heavy (non-hydrogen) atoms. The summed E-state index contributed by atoms with van der Waals surface area (Å²) in [6.07, 6.45) is 6.18. The fourth-order valence-corrected chi connectivity index (χ4v) is 1.57. The van der Waals surface area contributed by atoms with Crippen molar-refractivity contribution < 1.29 is 0 Å². The van der Waals surface area contributed by atoms with Gasteiger partial charge in [-0.25, -0.2) is 0 Å². The minimum absolute atomic E-state index is 0.147. The van der Waals surface area contributed by atoms with E-state index < -0.39 is 0 Å². The fraction of sp³-hybridized carbons (Fsp3) is 0.500. The molecule has 1 saturated carbocycles. The second kappa shape index (κ2) is 2.54. The third-order valence-electron chi connectivity index (χ3n) is 2.21. The molecule has 0 bridgehead atoms. The van der Waals surface area contributed by atoms with E-state index in [-0.39, 0.29) is 6.04 Å². The van der Waals surface area contributed by atoms with Crippen LogP contribution >= 0.6 is 11.6 Å². The number of hydrogen-bond donors (Lipinski definition) is 2. The van der Waals surface area contributed by atoms with E-state index in [0.717, 1.165) is 10.6 Å². The Balaban J connectivity index is 2.20. The molecular formula is C8H11ClN2. The maximum atomic E-state index is 5.94. The van der Waals surface area contributed by atoms with Gasteiger partial charge in [-0.15, -0.1) is 0 Å². The number of rotatable bonds is 2. The van der Waals surface area contributed by atoms with Gasteiger partial charge in [0.1, 0.15) is 0 Å². The van der Waals surface area contributed by atoms with E-state index in [4.69, 9.17) is 17.3 Å². The number of aromatic amines is 1. The lowest BCUT2D eigenvalue weighted by molar-refractivity contribution is 0.634. The highest BCUT2D eigenvalue weighted by Gasteiger charge is 2.30. The minimum atomic E-state index is 0.147. The molecule has 0 spiro atoms. The minimum Gasteiger partial charge on any atom is -0.366 e. The Bertz CT molecular complexity index is 252. The molecule has 0 unspecified atom stereocenters. The van der Waals surface area contributed by atoms with Crippen LogP contribution in [0.1, 0.15) is 24.4 Å². The van der Waals surface area contributed by atoms with Crippen molar-refractivity contribution in [1.82, 2.24) is 4.98 Å². The van der Waals surface area contributed by atoms with Gasteiger partial charge in [0.2, 0.25) is 0 Å². The van der Waals surface area contributed by atoms with Gasteiger partial charge in [-0.05, 0) is 18.8 Å². The lowest BCUT2D eigenvalue weighted by Gasteiger charge is -2.07. The van der Waals surface area contributed by atoms with Gasteiger partial charge in [0.25, 0.3) is 0 Å². The number of H-pyrrole nitrogens is 1. The predicted octanol–water partition coefficient (Wildman–Crippen LogP) is 2.08. The first-order valence-electron chi connectivity index (χ1n) is 3.87. The highest BCUT2D eigenvalue weighted by molar-refractivity contribution is 6.31. The molecule has 1 heterocycles. The van der Waals surface area contributed by atoms with Gasteiger partial charge >= 0.3 is 0 Å². The highest BCUT2D eigenvalue weighted by atomic mass is 35.5. The Hall–Kier alpha value is -0.470. The third kappa shape index (κ3) is 1.28. The van der Waals surface area contributed by atoms with E-state index in [1.807, 2.05) is 6.20 Å². The molecule has 1 aromatic rings. The van der Waals surface area contributed by atoms with E-state index in [2.05, 4.69) is 4.98 Å². The first-order chi connectivity index (χ1) is 5.29. The van der Waals surface area contributed by atoms with Gasteiger partial charge in [0, 0.05) is 24.0 Å². The van der Waals surface area contributed by atoms with E-state index in [9.17, 15) is 0 Å². The van der Waals surface area contributed by atoms with E-state index >= 15 is 0 Å². The molecule has 0 saturated heterocycles. The zero-order valence-electron chi connectivity index (χ0n) is 6.18. The van der Waals surface area contributed by atoms with E-state index in [0.29, 0.717) is 5.92 Å². The molecule has 1 aliphatic carbocycles. The van der Waals surface area contributed by atoms with Gasteiger partial charge in [-0.2, -0.15) is 0 Å². The van der Waals surface area contributed by atoms with Crippen LogP contribution in [0, 0.1) is 5.92 Å². The quantitative estimate of drug-likeness (QED) is 0.701. The van der Waals surface area contributed by atoms with Crippen molar-refractivity contribution in [3.05, 3.63) is 23.0 Å². The Morgan fingerprint density at radius 1 is 1.55 bits per heavy atom. The van der Waals surface area contributed by atoms with Crippen molar-refractivity contribution in [3.8, 4) is 0 Å². The molecule has 2 rings (SSSR count). The van der Waals surface area contributed by atoms with Crippen LogP contribution < -0.4 is 5.73 Å². The Morgan fingerprint density at radius 3 is 2.73 bits per heavy atom. The molecule has 60 valence electrons. The lowest BCUT2D eigenvalue weighted by Crippen LogP contribution is -2.11. The Kier molecular flexibility index (Phi) is 1.66. The van der Waals surface area contributed by atoms with Crippen molar-refractivity contribution in [2.45, 2.75) is 18.9 Å². The van der Waals surface area contributed by atoms with Gasteiger partial charge in [-0.1, -0.05) is 11.6 Å². The zero-order valence-corrected chi connectivity index (χ0v) is 6.93. The van der Waals surface area contributed by atoms with Crippen LogP contribution in [0.15, 0.2) is 12.4 Å². The molecule has 3 N–H and O–H groups in total.